The predicted octanol–water partition coefficient (Wildman–Crippen LogP) is 5.60. The summed E-state index contributed by atoms with van der Waals surface area (Å²) in [6, 6.07) is 2.53. The number of alkyl halides is 3. The molecule has 0 atom stereocenters. The fourth-order valence-electron chi connectivity index (χ4n) is 4.16. The Morgan fingerprint density at radius 1 is 1.17 bits per heavy atom. The molecule has 0 spiro atoms. The lowest BCUT2D eigenvalue weighted by atomic mass is 10.2. The smallest absolute Gasteiger partial charge is 0.418 e. The van der Waals surface area contributed by atoms with Gasteiger partial charge in [-0.1, -0.05) is 19.6 Å². The Kier molecular flexibility index (Phi) is 8.66. The number of urea groups is 1. The second-order valence-corrected chi connectivity index (χ2v) is 18.8. The summed E-state index contributed by atoms with van der Waals surface area (Å²) in [5, 5.41) is 4.15. The third kappa shape index (κ3) is 7.74. The second kappa shape index (κ2) is 11.6. The summed E-state index contributed by atoms with van der Waals surface area (Å²) in [4.78, 5) is 16.1. The maximum atomic E-state index is 14.9. The van der Waals surface area contributed by atoms with Crippen molar-refractivity contribution < 1.29 is 44.6 Å². The molecule has 2 N–H and O–H groups in total. The number of fused-ring (bicyclic) bond motifs is 1. The Morgan fingerprint density at radius 3 is 2.41 bits per heavy atom. The van der Waals surface area contributed by atoms with Gasteiger partial charge in [0.25, 0.3) is 0 Å². The van der Waals surface area contributed by atoms with Crippen LogP contribution >= 0.6 is 0 Å². The minimum atomic E-state index is -4.83. The molecule has 16 heteroatoms. The summed E-state index contributed by atoms with van der Waals surface area (Å²) in [7, 11) is -4.50. The third-order valence-corrected chi connectivity index (χ3v) is 9.91. The first-order chi connectivity index (χ1) is 19.0. The number of nitrogens with zero attached hydrogens (tertiary/aromatic N) is 2. The van der Waals surface area contributed by atoms with Gasteiger partial charge in [0.1, 0.15) is 18.1 Å². The van der Waals surface area contributed by atoms with E-state index < -0.39 is 64.2 Å². The van der Waals surface area contributed by atoms with Crippen molar-refractivity contribution in [2.45, 2.75) is 38.6 Å². The maximum Gasteiger partial charge on any atom is 0.418 e. The van der Waals surface area contributed by atoms with Crippen molar-refractivity contribution >= 4 is 40.7 Å². The van der Waals surface area contributed by atoms with Crippen LogP contribution in [-0.2, 0) is 27.5 Å². The van der Waals surface area contributed by atoms with Gasteiger partial charge in [-0.05, 0) is 12.1 Å². The average Bonchev–Trinajstić information content (AvgIpc) is 3.21. The van der Waals surface area contributed by atoms with Gasteiger partial charge in [-0.15, -0.1) is 0 Å². The zero-order valence-electron chi connectivity index (χ0n) is 22.4. The molecule has 2 amide bonds. The summed E-state index contributed by atoms with van der Waals surface area (Å²) >= 11 is 0. The molecule has 0 radical (unpaired) electrons. The first kappa shape index (κ1) is 30.7. The molecular weight excluding hydrogens is 591 g/mol. The number of aromatic nitrogens is 2. The van der Waals surface area contributed by atoms with Gasteiger partial charge < -0.3 is 24.7 Å². The molecule has 0 saturated carbocycles. The van der Waals surface area contributed by atoms with Crippen LogP contribution in [-0.4, -0.2) is 56.7 Å². The lowest BCUT2D eigenvalue weighted by molar-refractivity contribution is -0.136. The van der Waals surface area contributed by atoms with Gasteiger partial charge in [0.2, 0.25) is 0 Å². The van der Waals surface area contributed by atoms with Crippen molar-refractivity contribution in [3.05, 3.63) is 47.8 Å². The number of carbonyl (C=O) groups excluding carboxylic acids is 1. The quantitative estimate of drug-likeness (QED) is 0.173. The zero-order chi connectivity index (χ0) is 30.2. The van der Waals surface area contributed by atoms with Crippen LogP contribution in [0.2, 0.25) is 25.7 Å². The van der Waals surface area contributed by atoms with Gasteiger partial charge in [0.15, 0.2) is 27.2 Å². The van der Waals surface area contributed by atoms with Gasteiger partial charge in [-0.25, -0.2) is 27.0 Å². The number of pyridine rings is 1. The highest BCUT2D eigenvalue weighted by atomic mass is 32.2. The van der Waals surface area contributed by atoms with E-state index >= 15 is 0 Å². The largest absolute Gasteiger partial charge is 0.450 e. The molecule has 4 rings (SSSR count). The number of rotatable bonds is 10. The van der Waals surface area contributed by atoms with Gasteiger partial charge in [0, 0.05) is 57.4 Å². The molecule has 9 nitrogen and oxygen atoms in total. The van der Waals surface area contributed by atoms with E-state index in [9.17, 15) is 35.2 Å². The molecule has 0 aliphatic carbocycles. The van der Waals surface area contributed by atoms with Gasteiger partial charge in [-0.2, -0.15) is 13.2 Å². The predicted molar refractivity (Wildman–Crippen MR) is 144 cm³/mol. The number of ether oxygens (including phenoxy) is 2. The molecule has 1 aliphatic rings. The van der Waals surface area contributed by atoms with Crippen LogP contribution in [0.5, 0.6) is 11.5 Å². The molecule has 41 heavy (non-hydrogen) atoms. The summed E-state index contributed by atoms with van der Waals surface area (Å²) in [5.74, 6) is -4.38. The normalized spacial score (nSPS) is 15.5. The number of anilines is 1. The Balaban J connectivity index is 1.53. The Hall–Kier alpha value is -3.24. The molecule has 224 valence electrons. The van der Waals surface area contributed by atoms with Crippen LogP contribution in [0, 0.1) is 17.6 Å². The van der Waals surface area contributed by atoms with Crippen molar-refractivity contribution in [1.82, 2.24) is 14.9 Å². The number of sulfone groups is 1. The minimum Gasteiger partial charge on any atom is -0.450 e. The molecule has 0 bridgehead atoms. The topological polar surface area (TPSA) is 112 Å². The van der Waals surface area contributed by atoms with Crippen LogP contribution in [0.4, 0.5) is 32.4 Å². The highest BCUT2D eigenvalue weighted by molar-refractivity contribution is 7.92. The standard InChI is InChI=1S/C25H29F5N4O5SSi/c1-41(2,3)7-6-38-14-34-11-17(25(28,29)30)21-20(4-5-31-23(21)34)39-22-18(26)8-16(9-19(22)27)33-24(35)32-10-15-12-40(36,37)13-15/h4-5,8-9,11,15H,6-7,10,12-14H2,1-3H3,(H2,32,33,35). The van der Waals surface area contributed by atoms with E-state index in [0.29, 0.717) is 6.61 Å². The fraction of sp³-hybridized carbons (Fsp3) is 0.440. The van der Waals surface area contributed by atoms with Crippen LogP contribution in [0.25, 0.3) is 11.0 Å². The molecule has 1 fully saturated rings. The second-order valence-electron chi connectivity index (χ2n) is 11.0. The monoisotopic (exact) mass is 620 g/mol. The number of amides is 2. The number of hydrogen-bond donors (Lipinski definition) is 2. The Morgan fingerprint density at radius 2 is 1.83 bits per heavy atom. The summed E-state index contributed by atoms with van der Waals surface area (Å²) in [6.07, 6.45) is -2.86. The first-order valence-electron chi connectivity index (χ1n) is 12.6. The first-order valence-corrected chi connectivity index (χ1v) is 18.1. The third-order valence-electron chi connectivity index (χ3n) is 6.25. The molecule has 2 aromatic heterocycles. The van der Waals surface area contributed by atoms with E-state index in [1.165, 1.54) is 0 Å². The molecule has 3 heterocycles. The van der Waals surface area contributed by atoms with Crippen LogP contribution < -0.4 is 15.4 Å². The maximum absolute atomic E-state index is 14.9. The van der Waals surface area contributed by atoms with Crippen LogP contribution in [0.1, 0.15) is 5.56 Å². The lowest BCUT2D eigenvalue weighted by Crippen LogP contribution is -2.44. The van der Waals surface area contributed by atoms with Crippen molar-refractivity contribution in [3.8, 4) is 11.5 Å². The Labute approximate surface area is 234 Å². The van der Waals surface area contributed by atoms with E-state index in [-0.39, 0.29) is 42.0 Å². The molecular formula is C25H29F5N4O5SSi. The summed E-state index contributed by atoms with van der Waals surface area (Å²) in [5.41, 5.74) is -1.54. The number of nitrogens with one attached hydrogen (secondary N) is 2. The van der Waals surface area contributed by atoms with Crippen molar-refractivity contribution in [1.29, 1.82) is 0 Å². The van der Waals surface area contributed by atoms with Crippen molar-refractivity contribution in [3.63, 3.8) is 0 Å². The van der Waals surface area contributed by atoms with Gasteiger partial charge in [-0.3, -0.25) is 0 Å². The zero-order valence-corrected chi connectivity index (χ0v) is 24.3. The SMILES string of the molecule is C[Si](C)(C)CCOCn1cc(C(F)(F)F)c2c(Oc3c(F)cc(NC(=O)NCC4CS(=O)(=O)C4)cc3F)ccnc21. The molecule has 1 saturated heterocycles. The Bertz CT molecular complexity index is 1520. The minimum absolute atomic E-state index is 0.0554. The highest BCUT2D eigenvalue weighted by Gasteiger charge is 2.37. The molecule has 3 aromatic rings. The number of benzene rings is 1. The highest BCUT2D eigenvalue weighted by Crippen LogP contribution is 2.42. The van der Waals surface area contributed by atoms with E-state index in [1.54, 1.807) is 0 Å². The van der Waals surface area contributed by atoms with Crippen molar-refractivity contribution in [2.75, 3.05) is 30.0 Å². The number of halogens is 5. The van der Waals surface area contributed by atoms with Gasteiger partial charge in [0.05, 0.1) is 22.5 Å². The van der Waals surface area contributed by atoms with E-state index in [4.69, 9.17) is 9.47 Å². The van der Waals surface area contributed by atoms with Gasteiger partial charge >= 0.3 is 12.2 Å². The number of carbonyl (C=O) groups is 1. The average molecular weight is 621 g/mol. The van der Waals surface area contributed by atoms with Crippen molar-refractivity contribution in [2.24, 2.45) is 5.92 Å². The summed E-state index contributed by atoms with van der Waals surface area (Å²) < 4.78 is 106. The van der Waals surface area contributed by atoms with Crippen LogP contribution in [0.3, 0.4) is 0 Å². The van der Waals surface area contributed by atoms with E-state index in [0.717, 1.165) is 41.2 Å². The molecule has 0 unspecified atom stereocenters. The molecule has 1 aliphatic heterocycles. The lowest BCUT2D eigenvalue weighted by Gasteiger charge is -2.25. The summed E-state index contributed by atoms with van der Waals surface area (Å²) in [6.45, 7) is 6.60. The van der Waals surface area contributed by atoms with E-state index in [2.05, 4.69) is 35.3 Å². The number of hydrogen-bond acceptors (Lipinski definition) is 6. The van der Waals surface area contributed by atoms with E-state index in [1.807, 2.05) is 0 Å². The fourth-order valence-corrected chi connectivity index (χ4v) is 6.50. The van der Waals surface area contributed by atoms with Crippen LogP contribution in [0.15, 0.2) is 30.6 Å². The molecule has 1 aromatic carbocycles.